The molecular weight excluding hydrogens is 564 g/mol. The molecule has 0 fully saturated rings. The number of hydrogen-bond donors (Lipinski definition) is 3. The van der Waals surface area contributed by atoms with Gasteiger partial charge in [0.1, 0.15) is 17.3 Å². The summed E-state index contributed by atoms with van der Waals surface area (Å²) in [4.78, 5) is 16.3. The monoisotopic (exact) mass is 585 g/mol. The van der Waals surface area contributed by atoms with Crippen LogP contribution >= 0.6 is 11.6 Å². The third-order valence-electron chi connectivity index (χ3n) is 6.13. The minimum Gasteiger partial charge on any atom is -0.453 e. The molecule has 13 heteroatoms. The molecule has 2 heterocycles. The maximum Gasteiger partial charge on any atom is 0.229 e. The van der Waals surface area contributed by atoms with Crippen LogP contribution in [0, 0.1) is 25.5 Å². The second-order valence-corrected chi connectivity index (χ2v) is 11.4. The van der Waals surface area contributed by atoms with Gasteiger partial charge in [-0.2, -0.15) is 5.10 Å². The molecule has 0 saturated carbocycles. The van der Waals surface area contributed by atoms with Gasteiger partial charge < -0.3 is 15.5 Å². The van der Waals surface area contributed by atoms with E-state index in [4.69, 9.17) is 22.1 Å². The van der Waals surface area contributed by atoms with Crippen LogP contribution in [0.5, 0.6) is 11.5 Å². The van der Waals surface area contributed by atoms with Crippen LogP contribution in [0.2, 0.25) is 5.02 Å². The molecule has 0 aliphatic carbocycles. The van der Waals surface area contributed by atoms with E-state index >= 15 is 4.39 Å². The summed E-state index contributed by atoms with van der Waals surface area (Å²) in [6.07, 6.45) is 2.28. The van der Waals surface area contributed by atoms with Crippen molar-refractivity contribution in [1.82, 2.24) is 14.8 Å². The largest absolute Gasteiger partial charge is 0.453 e. The molecule has 0 atom stereocenters. The molecule has 0 saturated heterocycles. The number of anilines is 2. The average molecular weight is 586 g/mol. The summed E-state index contributed by atoms with van der Waals surface area (Å²) in [5.74, 6) is -2.32. The Hall–Kier alpha value is -4.42. The van der Waals surface area contributed by atoms with Gasteiger partial charge in [-0.1, -0.05) is 17.7 Å². The van der Waals surface area contributed by atoms with E-state index in [0.717, 1.165) is 17.0 Å². The number of benzene rings is 3. The second kappa shape index (κ2) is 9.96. The number of fused-ring (bicyclic) bond motifs is 1. The first-order chi connectivity index (χ1) is 18.8. The van der Waals surface area contributed by atoms with Crippen LogP contribution in [-0.4, -0.2) is 35.2 Å². The highest BCUT2D eigenvalue weighted by molar-refractivity contribution is 7.92. The molecule has 5 rings (SSSR count). The van der Waals surface area contributed by atoms with Crippen molar-refractivity contribution in [2.45, 2.75) is 13.8 Å². The molecule has 0 radical (unpaired) electrons. The van der Waals surface area contributed by atoms with E-state index in [1.54, 1.807) is 32.0 Å². The van der Waals surface area contributed by atoms with E-state index in [1.807, 2.05) is 0 Å². The summed E-state index contributed by atoms with van der Waals surface area (Å²) in [6, 6.07) is 11.5. The molecule has 9 nitrogen and oxygen atoms in total. The number of carbonyl (C=O) groups is 1. The Morgan fingerprint density at radius 2 is 1.85 bits per heavy atom. The zero-order valence-corrected chi connectivity index (χ0v) is 22.9. The minimum atomic E-state index is -3.50. The summed E-state index contributed by atoms with van der Waals surface area (Å²) < 4.78 is 61.8. The lowest BCUT2D eigenvalue weighted by molar-refractivity contribution is 0.103. The van der Waals surface area contributed by atoms with E-state index in [2.05, 4.69) is 14.8 Å². The fourth-order valence-electron chi connectivity index (χ4n) is 4.31. The summed E-state index contributed by atoms with van der Waals surface area (Å²) in [7, 11) is -3.50. The third kappa shape index (κ3) is 5.10. The van der Waals surface area contributed by atoms with E-state index < -0.39 is 27.4 Å². The highest BCUT2D eigenvalue weighted by Crippen LogP contribution is 2.35. The van der Waals surface area contributed by atoms with Crippen molar-refractivity contribution < 1.29 is 26.7 Å². The summed E-state index contributed by atoms with van der Waals surface area (Å²) >= 11 is 6.01. The highest BCUT2D eigenvalue weighted by Gasteiger charge is 2.23. The number of para-hydroxylation sites is 1. The number of nitrogens with one attached hydrogen (secondary N) is 2. The van der Waals surface area contributed by atoms with E-state index in [0.29, 0.717) is 27.7 Å². The molecule has 206 valence electrons. The zero-order valence-electron chi connectivity index (χ0n) is 21.3. The summed E-state index contributed by atoms with van der Waals surface area (Å²) in [6.45, 7) is 3.32. The van der Waals surface area contributed by atoms with Crippen molar-refractivity contribution in [2.75, 3.05) is 16.7 Å². The first-order valence-corrected chi connectivity index (χ1v) is 14.0. The molecular formula is C27H22ClF2N5O4S. The first kappa shape index (κ1) is 27.2. The fraction of sp³-hybridized carbons (Fsp3) is 0.111. The third-order valence-corrected chi connectivity index (χ3v) is 7.02. The van der Waals surface area contributed by atoms with E-state index in [9.17, 15) is 17.6 Å². The number of aryl methyl sites for hydroxylation is 2. The second-order valence-electron chi connectivity index (χ2n) is 9.22. The Kier molecular flexibility index (Phi) is 6.76. The number of aromatic amines is 1. The number of H-pyrrole nitrogens is 1. The standard InChI is InChI=1S/C27H22ClF2N5O4S/c1-13-7-15-9-23(33-22(15)11-21(13)34-40(3,37)38)25(36)17-12-32-35(27(17)31)24-14(2)8-16(10-20(24)30)39-26-18(28)5-4-6-19(26)29/h4-12,33-34H,31H2,1-3H3. The number of aromatic nitrogens is 3. The summed E-state index contributed by atoms with van der Waals surface area (Å²) in [5, 5.41) is 4.84. The number of nitrogen functional groups attached to an aromatic ring is 1. The van der Waals surface area contributed by atoms with Crippen molar-refractivity contribution in [3.05, 3.63) is 93.8 Å². The van der Waals surface area contributed by atoms with Crippen molar-refractivity contribution in [2.24, 2.45) is 0 Å². The van der Waals surface area contributed by atoms with E-state index in [-0.39, 0.29) is 39.3 Å². The number of rotatable bonds is 7. The van der Waals surface area contributed by atoms with Gasteiger partial charge in [0, 0.05) is 17.0 Å². The first-order valence-electron chi connectivity index (χ1n) is 11.7. The Labute approximate surface area is 232 Å². The van der Waals surface area contributed by atoms with Crippen molar-refractivity contribution in [3.63, 3.8) is 0 Å². The number of nitrogens with zero attached hydrogens (tertiary/aromatic N) is 2. The molecule has 0 aliphatic heterocycles. The smallest absolute Gasteiger partial charge is 0.229 e. The van der Waals surface area contributed by atoms with Crippen molar-refractivity contribution in [1.29, 1.82) is 0 Å². The van der Waals surface area contributed by atoms with Gasteiger partial charge in [0.05, 0.1) is 34.4 Å². The molecule has 4 N–H and O–H groups in total. The maximum atomic E-state index is 15.3. The number of carbonyl (C=O) groups excluding carboxylic acids is 1. The number of sulfonamides is 1. The molecule has 0 unspecified atom stereocenters. The highest BCUT2D eigenvalue weighted by atomic mass is 35.5. The average Bonchev–Trinajstić information content (AvgIpc) is 3.43. The Balaban J connectivity index is 1.47. The van der Waals surface area contributed by atoms with Crippen LogP contribution in [0.4, 0.5) is 20.3 Å². The molecule has 0 amide bonds. The molecule has 0 spiro atoms. The zero-order chi connectivity index (χ0) is 28.9. The summed E-state index contributed by atoms with van der Waals surface area (Å²) in [5.41, 5.74) is 8.35. The quantitative estimate of drug-likeness (QED) is 0.204. The van der Waals surface area contributed by atoms with Crippen molar-refractivity contribution in [3.8, 4) is 17.2 Å². The predicted molar refractivity (Wildman–Crippen MR) is 149 cm³/mol. The Morgan fingerprint density at radius 3 is 2.52 bits per heavy atom. The van der Waals surface area contributed by atoms with Crippen LogP contribution in [0.1, 0.15) is 27.2 Å². The number of ketones is 1. The van der Waals surface area contributed by atoms with Crippen LogP contribution < -0.4 is 15.2 Å². The van der Waals surface area contributed by atoms with Crippen LogP contribution in [-0.2, 0) is 10.0 Å². The van der Waals surface area contributed by atoms with Gasteiger partial charge in [0.25, 0.3) is 0 Å². The van der Waals surface area contributed by atoms with Gasteiger partial charge in [0.2, 0.25) is 15.8 Å². The van der Waals surface area contributed by atoms with Gasteiger partial charge in [0.15, 0.2) is 17.4 Å². The van der Waals surface area contributed by atoms with Gasteiger partial charge in [-0.15, -0.1) is 0 Å². The predicted octanol–water partition coefficient (Wildman–Crippen LogP) is 5.88. The van der Waals surface area contributed by atoms with Gasteiger partial charge in [-0.05, 0) is 61.4 Å². The topological polar surface area (TPSA) is 132 Å². The maximum absolute atomic E-state index is 15.3. The molecule has 3 aromatic carbocycles. The SMILES string of the molecule is Cc1cc2cc(C(=O)c3cnn(-c4c(C)cc(Oc5c(F)cccc5Cl)cc4F)c3N)[nH]c2cc1NS(C)(=O)=O. The van der Waals surface area contributed by atoms with Crippen molar-refractivity contribution >= 4 is 49.8 Å². The molecule has 0 aliphatic rings. The lowest BCUT2D eigenvalue weighted by atomic mass is 10.1. The lowest BCUT2D eigenvalue weighted by Crippen LogP contribution is -2.10. The van der Waals surface area contributed by atoms with Crippen LogP contribution in [0.25, 0.3) is 16.6 Å². The molecule has 5 aromatic rings. The number of hydrogen-bond acceptors (Lipinski definition) is 6. The molecule has 40 heavy (non-hydrogen) atoms. The van der Waals surface area contributed by atoms with Gasteiger partial charge in [-0.25, -0.2) is 21.9 Å². The minimum absolute atomic E-state index is 0.00544. The van der Waals surface area contributed by atoms with E-state index in [1.165, 1.54) is 30.5 Å². The lowest BCUT2D eigenvalue weighted by Gasteiger charge is -2.13. The van der Waals surface area contributed by atoms with Crippen LogP contribution in [0.15, 0.2) is 54.7 Å². The fourth-order valence-corrected chi connectivity index (χ4v) is 5.13. The van der Waals surface area contributed by atoms with Gasteiger partial charge in [-0.3, -0.25) is 9.52 Å². The van der Waals surface area contributed by atoms with Gasteiger partial charge >= 0.3 is 0 Å². The van der Waals surface area contributed by atoms with Crippen LogP contribution in [0.3, 0.4) is 0 Å². The Bertz CT molecular complexity index is 1890. The molecule has 2 aromatic heterocycles. The Morgan fingerprint density at radius 1 is 1.10 bits per heavy atom. The number of ether oxygens (including phenoxy) is 1. The molecule has 0 bridgehead atoms. The number of nitrogens with two attached hydrogens (primary N) is 1. The normalized spacial score (nSPS) is 11.7. The number of halogens is 3.